The highest BCUT2D eigenvalue weighted by molar-refractivity contribution is 6.03. The quantitative estimate of drug-likeness (QED) is 0.663. The molecule has 0 N–H and O–H groups in total. The minimum Gasteiger partial charge on any atom is -0.457 e. The Morgan fingerprint density at radius 2 is 1.93 bits per heavy atom. The average Bonchev–Trinajstić information content (AvgIpc) is 3.24. The van der Waals surface area contributed by atoms with Crippen LogP contribution in [0.15, 0.2) is 59.8 Å². The van der Waals surface area contributed by atoms with Gasteiger partial charge in [0, 0.05) is 17.7 Å². The van der Waals surface area contributed by atoms with Gasteiger partial charge in [-0.3, -0.25) is 4.68 Å². The van der Waals surface area contributed by atoms with Gasteiger partial charge in [-0.15, -0.1) is 0 Å². The van der Waals surface area contributed by atoms with E-state index in [9.17, 15) is 4.39 Å². The number of nitrogens with zero attached hydrogens (tertiary/aromatic N) is 3. The van der Waals surface area contributed by atoms with Crippen LogP contribution in [-0.4, -0.2) is 21.6 Å². The van der Waals surface area contributed by atoms with E-state index in [-0.39, 0.29) is 11.9 Å². The van der Waals surface area contributed by atoms with Crippen LogP contribution in [0.3, 0.4) is 0 Å². The lowest BCUT2D eigenvalue weighted by molar-refractivity contribution is 0.0692. The van der Waals surface area contributed by atoms with Gasteiger partial charge >= 0.3 is 0 Å². The number of hydrogen-bond donors (Lipinski definition) is 0. The van der Waals surface area contributed by atoms with Gasteiger partial charge in [-0.1, -0.05) is 17.3 Å². The Labute approximate surface area is 157 Å². The molecule has 2 aromatic carbocycles. The highest BCUT2D eigenvalue weighted by atomic mass is 19.1. The lowest BCUT2D eigenvalue weighted by Crippen LogP contribution is -2.18. The summed E-state index contributed by atoms with van der Waals surface area (Å²) < 4.78 is 21.0. The average molecular weight is 365 g/mol. The molecule has 1 aromatic heterocycles. The van der Waals surface area contributed by atoms with Crippen molar-refractivity contribution in [3.63, 3.8) is 0 Å². The van der Waals surface area contributed by atoms with Gasteiger partial charge in [0.25, 0.3) is 0 Å². The molecule has 0 spiro atoms. The summed E-state index contributed by atoms with van der Waals surface area (Å²) in [7, 11) is 0. The Bertz CT molecular complexity index is 979. The molecule has 27 heavy (non-hydrogen) atoms. The molecule has 1 atom stereocenters. The van der Waals surface area contributed by atoms with Crippen molar-refractivity contribution in [2.24, 2.45) is 5.16 Å². The van der Waals surface area contributed by atoms with E-state index in [1.54, 1.807) is 12.1 Å². The van der Waals surface area contributed by atoms with Crippen molar-refractivity contribution in [2.75, 3.05) is 0 Å². The number of ether oxygens (including phenoxy) is 1. The van der Waals surface area contributed by atoms with Crippen LogP contribution < -0.4 is 4.74 Å². The van der Waals surface area contributed by atoms with Crippen LogP contribution in [0.2, 0.25) is 0 Å². The van der Waals surface area contributed by atoms with E-state index in [0.717, 1.165) is 22.7 Å². The summed E-state index contributed by atoms with van der Waals surface area (Å²) in [6.07, 6.45) is 0.596. The Morgan fingerprint density at radius 3 is 2.67 bits per heavy atom. The molecule has 0 radical (unpaired) electrons. The molecule has 0 amide bonds. The molecule has 5 nitrogen and oxygen atoms in total. The first-order chi connectivity index (χ1) is 13.1. The van der Waals surface area contributed by atoms with E-state index < -0.39 is 0 Å². The number of rotatable bonds is 5. The fourth-order valence-corrected chi connectivity index (χ4v) is 3.16. The molecule has 1 aliphatic heterocycles. The van der Waals surface area contributed by atoms with Crippen molar-refractivity contribution >= 4 is 5.71 Å². The molecular weight excluding hydrogens is 345 g/mol. The highest BCUT2D eigenvalue weighted by Crippen LogP contribution is 2.29. The molecule has 0 fully saturated rings. The summed E-state index contributed by atoms with van der Waals surface area (Å²) in [4.78, 5) is 5.63. The fourth-order valence-electron chi connectivity index (χ4n) is 3.16. The number of aryl methyl sites for hydroxylation is 2. The zero-order valence-corrected chi connectivity index (χ0v) is 15.2. The molecule has 4 rings (SSSR count). The van der Waals surface area contributed by atoms with Crippen molar-refractivity contribution < 1.29 is 14.0 Å². The van der Waals surface area contributed by atoms with Crippen molar-refractivity contribution in [3.05, 3.63) is 77.4 Å². The molecule has 0 saturated heterocycles. The number of para-hydroxylation sites is 1. The second kappa shape index (κ2) is 7.23. The molecule has 6 heteroatoms. The van der Waals surface area contributed by atoms with Gasteiger partial charge in [-0.25, -0.2) is 4.39 Å². The molecule has 0 bridgehead atoms. The molecular formula is C21H20FN3O2. The van der Waals surface area contributed by atoms with Gasteiger partial charge < -0.3 is 9.57 Å². The Balaban J connectivity index is 1.49. The Hall–Kier alpha value is -3.15. The number of aromatic nitrogens is 2. The second-order valence-electron chi connectivity index (χ2n) is 6.63. The maximum absolute atomic E-state index is 13.1. The van der Waals surface area contributed by atoms with Crippen LogP contribution in [0.1, 0.15) is 23.4 Å². The zero-order chi connectivity index (χ0) is 18.8. The molecule has 3 aromatic rings. The van der Waals surface area contributed by atoms with Crippen molar-refractivity contribution in [1.29, 1.82) is 0 Å². The lowest BCUT2D eigenvalue weighted by atomic mass is 10.0. The zero-order valence-electron chi connectivity index (χ0n) is 15.2. The molecule has 138 valence electrons. The van der Waals surface area contributed by atoms with Crippen molar-refractivity contribution in [2.45, 2.75) is 32.9 Å². The highest BCUT2D eigenvalue weighted by Gasteiger charge is 2.25. The van der Waals surface area contributed by atoms with E-state index in [2.05, 4.69) is 10.3 Å². The van der Waals surface area contributed by atoms with E-state index >= 15 is 0 Å². The minimum atomic E-state index is -0.295. The molecule has 1 unspecified atom stereocenters. The topological polar surface area (TPSA) is 48.6 Å². The van der Waals surface area contributed by atoms with Crippen LogP contribution in [0.4, 0.5) is 4.39 Å². The third kappa shape index (κ3) is 3.84. The molecule has 0 aliphatic carbocycles. The van der Waals surface area contributed by atoms with Crippen LogP contribution in [0, 0.1) is 19.7 Å². The van der Waals surface area contributed by atoms with E-state index in [4.69, 9.17) is 9.57 Å². The van der Waals surface area contributed by atoms with Gasteiger partial charge in [0.1, 0.15) is 17.3 Å². The second-order valence-corrected chi connectivity index (χ2v) is 6.63. The Kier molecular flexibility index (Phi) is 4.62. The van der Waals surface area contributed by atoms with Crippen molar-refractivity contribution in [1.82, 2.24) is 9.78 Å². The van der Waals surface area contributed by atoms with Crippen LogP contribution in [0.5, 0.6) is 11.5 Å². The van der Waals surface area contributed by atoms with Gasteiger partial charge in [-0.05, 0) is 56.3 Å². The van der Waals surface area contributed by atoms with Crippen LogP contribution in [-0.2, 0) is 11.4 Å². The predicted molar refractivity (Wildman–Crippen MR) is 101 cm³/mol. The Morgan fingerprint density at radius 1 is 1.15 bits per heavy atom. The van der Waals surface area contributed by atoms with Crippen LogP contribution >= 0.6 is 0 Å². The molecule has 0 saturated carbocycles. The summed E-state index contributed by atoms with van der Waals surface area (Å²) in [5, 5.41) is 8.75. The third-order valence-corrected chi connectivity index (χ3v) is 4.45. The smallest absolute Gasteiger partial charge is 0.152 e. The lowest BCUT2D eigenvalue weighted by Gasteiger charge is -2.11. The first-order valence-electron chi connectivity index (χ1n) is 8.85. The van der Waals surface area contributed by atoms with Gasteiger partial charge in [-0.2, -0.15) is 5.10 Å². The number of benzene rings is 2. The van der Waals surface area contributed by atoms with E-state index in [1.165, 1.54) is 12.1 Å². The summed E-state index contributed by atoms with van der Waals surface area (Å²) in [6.45, 7) is 4.65. The minimum absolute atomic E-state index is 0.0723. The first kappa shape index (κ1) is 17.3. The maximum Gasteiger partial charge on any atom is 0.152 e. The third-order valence-electron chi connectivity index (χ3n) is 4.45. The van der Waals surface area contributed by atoms with E-state index in [1.807, 2.05) is 48.9 Å². The van der Waals surface area contributed by atoms with Gasteiger partial charge in [0.05, 0.1) is 18.0 Å². The summed E-state index contributed by atoms with van der Waals surface area (Å²) in [5.74, 6) is 0.942. The monoisotopic (exact) mass is 365 g/mol. The standard InChI is InChI=1S/C21H20FN3O2/c1-14-11-15(2)25(23-14)13-18-12-20(24-27-18)19-5-3-4-6-21(19)26-17-9-7-16(22)8-10-17/h3-11,18H,12-13H2,1-2H3. The number of halogens is 1. The fraction of sp³-hybridized carbons (Fsp3) is 0.238. The summed E-state index contributed by atoms with van der Waals surface area (Å²) in [6, 6.07) is 15.6. The summed E-state index contributed by atoms with van der Waals surface area (Å²) in [5.41, 5.74) is 3.80. The molecule has 1 aliphatic rings. The largest absolute Gasteiger partial charge is 0.457 e. The van der Waals surface area contributed by atoms with Crippen LogP contribution in [0.25, 0.3) is 0 Å². The van der Waals surface area contributed by atoms with E-state index in [0.29, 0.717) is 24.5 Å². The van der Waals surface area contributed by atoms with Crippen molar-refractivity contribution in [3.8, 4) is 11.5 Å². The van der Waals surface area contributed by atoms with Gasteiger partial charge in [0.2, 0.25) is 0 Å². The number of hydrogen-bond acceptors (Lipinski definition) is 4. The molecule has 2 heterocycles. The SMILES string of the molecule is Cc1cc(C)n(CC2CC(c3ccccc3Oc3ccc(F)cc3)=NO2)n1. The maximum atomic E-state index is 13.1. The summed E-state index contributed by atoms with van der Waals surface area (Å²) >= 11 is 0. The normalized spacial score (nSPS) is 16.1. The predicted octanol–water partition coefficient (Wildman–Crippen LogP) is 4.62. The first-order valence-corrected chi connectivity index (χ1v) is 8.85. The van der Waals surface area contributed by atoms with Gasteiger partial charge in [0.15, 0.2) is 6.10 Å². The number of oxime groups is 1.